The number of methoxy groups -OCH3 is 1. The molecule has 5 nitrogen and oxygen atoms in total. The molecule has 2 aromatic rings. The molecule has 160 valence electrons. The van der Waals surface area contributed by atoms with E-state index in [4.69, 9.17) is 9.47 Å². The molecular weight excluding hydrogens is 385 g/mol. The van der Waals surface area contributed by atoms with Crippen molar-refractivity contribution in [3.05, 3.63) is 65.5 Å². The first-order valence-corrected chi connectivity index (χ1v) is 10.5. The van der Waals surface area contributed by atoms with Crippen molar-refractivity contribution < 1.29 is 23.8 Å². The highest BCUT2D eigenvalue weighted by Gasteiger charge is 2.48. The molecule has 2 bridgehead atoms. The smallest absolute Gasteiger partial charge is 0.410 e. The summed E-state index contributed by atoms with van der Waals surface area (Å²) in [5.41, 5.74) is 0.591. The fourth-order valence-corrected chi connectivity index (χ4v) is 5.00. The lowest BCUT2D eigenvalue weighted by Gasteiger charge is -2.51. The molecule has 1 N–H and O–H groups in total. The number of hydrogen-bond acceptors (Lipinski definition) is 4. The molecule has 0 spiro atoms. The molecule has 2 aliphatic rings. The second-order valence-electron chi connectivity index (χ2n) is 8.45. The number of aliphatic hydroxyl groups is 1. The van der Waals surface area contributed by atoms with E-state index >= 15 is 0 Å². The first-order valence-electron chi connectivity index (χ1n) is 10.5. The van der Waals surface area contributed by atoms with Gasteiger partial charge in [0.25, 0.3) is 0 Å². The number of hydrogen-bond donors (Lipinski definition) is 1. The molecule has 2 fully saturated rings. The molecule has 2 saturated heterocycles. The Morgan fingerprint density at radius 1 is 1.17 bits per heavy atom. The van der Waals surface area contributed by atoms with Gasteiger partial charge in [-0.3, -0.25) is 0 Å². The number of rotatable bonds is 5. The number of carbonyl (C=O) groups excluding carboxylic acids is 1. The van der Waals surface area contributed by atoms with Gasteiger partial charge in [0.15, 0.2) is 0 Å². The maximum Gasteiger partial charge on any atom is 0.410 e. The van der Waals surface area contributed by atoms with E-state index in [-0.39, 0.29) is 30.6 Å². The number of fused-ring (bicyclic) bond motifs is 2. The summed E-state index contributed by atoms with van der Waals surface area (Å²) in [5, 5.41) is 11.4. The third-order valence-corrected chi connectivity index (χ3v) is 6.27. The van der Waals surface area contributed by atoms with Crippen molar-refractivity contribution in [2.45, 2.75) is 62.8 Å². The molecule has 0 aliphatic carbocycles. The first kappa shape index (κ1) is 20.7. The molecule has 2 aromatic carbocycles. The summed E-state index contributed by atoms with van der Waals surface area (Å²) >= 11 is 0. The summed E-state index contributed by atoms with van der Waals surface area (Å²) in [5.74, 6) is 0.219. The maximum atomic E-state index is 13.8. The summed E-state index contributed by atoms with van der Waals surface area (Å²) in [4.78, 5) is 14.7. The van der Waals surface area contributed by atoms with Gasteiger partial charge < -0.3 is 19.5 Å². The molecule has 2 unspecified atom stereocenters. The topological polar surface area (TPSA) is 59.0 Å². The minimum atomic E-state index is -1.01. The average Bonchev–Trinajstić information content (AvgIpc) is 2.72. The van der Waals surface area contributed by atoms with Crippen LogP contribution in [0.3, 0.4) is 0 Å². The molecule has 2 atom stereocenters. The molecule has 0 aromatic heterocycles. The minimum absolute atomic E-state index is 0.0784. The molecule has 2 aliphatic heterocycles. The van der Waals surface area contributed by atoms with E-state index in [2.05, 4.69) is 0 Å². The van der Waals surface area contributed by atoms with Gasteiger partial charge in [-0.1, -0.05) is 30.3 Å². The van der Waals surface area contributed by atoms with Gasteiger partial charge in [0, 0.05) is 18.5 Å². The van der Waals surface area contributed by atoms with E-state index in [0.717, 1.165) is 24.8 Å². The third-order valence-electron chi connectivity index (χ3n) is 6.27. The van der Waals surface area contributed by atoms with Gasteiger partial charge in [0.1, 0.15) is 18.2 Å². The second-order valence-corrected chi connectivity index (χ2v) is 8.45. The summed E-state index contributed by atoms with van der Waals surface area (Å²) in [6, 6.07) is 13.8. The van der Waals surface area contributed by atoms with Crippen LogP contribution in [0.4, 0.5) is 9.18 Å². The van der Waals surface area contributed by atoms with E-state index in [1.807, 2.05) is 35.2 Å². The Labute approximate surface area is 176 Å². The Morgan fingerprint density at radius 3 is 2.53 bits per heavy atom. The van der Waals surface area contributed by atoms with Crippen molar-refractivity contribution in [2.75, 3.05) is 7.11 Å². The van der Waals surface area contributed by atoms with Crippen LogP contribution in [0.15, 0.2) is 48.5 Å². The van der Waals surface area contributed by atoms with E-state index in [0.29, 0.717) is 30.6 Å². The summed E-state index contributed by atoms with van der Waals surface area (Å²) in [6.45, 7) is 0.236. The molecule has 1 amide bonds. The fourth-order valence-electron chi connectivity index (χ4n) is 5.00. The zero-order valence-corrected chi connectivity index (χ0v) is 17.2. The highest BCUT2D eigenvalue weighted by Crippen LogP contribution is 2.42. The Kier molecular flexibility index (Phi) is 5.95. The van der Waals surface area contributed by atoms with Crippen LogP contribution in [0, 0.1) is 5.82 Å². The van der Waals surface area contributed by atoms with Gasteiger partial charge in [0.2, 0.25) is 0 Å². The molecule has 4 rings (SSSR count). The van der Waals surface area contributed by atoms with Crippen LogP contribution < -0.4 is 4.74 Å². The van der Waals surface area contributed by atoms with E-state index in [9.17, 15) is 14.3 Å². The van der Waals surface area contributed by atoms with Crippen LogP contribution in [0.25, 0.3) is 0 Å². The van der Waals surface area contributed by atoms with Crippen LogP contribution >= 0.6 is 0 Å². The van der Waals surface area contributed by atoms with Crippen molar-refractivity contribution in [3.63, 3.8) is 0 Å². The standard InChI is InChI=1S/C24H28FNO4/c1-29-22-11-10-19(25)12-18(22)13-24(28)14-20-8-5-9-21(15-24)26(20)23(27)30-16-17-6-3-2-4-7-17/h2-4,6-7,10-12,20-21,28H,5,8-9,13-16H2,1H3. The summed E-state index contributed by atoms with van der Waals surface area (Å²) in [6.07, 6.45) is 3.57. The van der Waals surface area contributed by atoms with Crippen molar-refractivity contribution in [3.8, 4) is 5.75 Å². The van der Waals surface area contributed by atoms with Crippen molar-refractivity contribution in [2.24, 2.45) is 0 Å². The van der Waals surface area contributed by atoms with Gasteiger partial charge in [0.05, 0.1) is 12.7 Å². The molecule has 0 saturated carbocycles. The number of ether oxygens (including phenoxy) is 2. The first-order chi connectivity index (χ1) is 14.5. The van der Waals surface area contributed by atoms with Gasteiger partial charge in [-0.15, -0.1) is 0 Å². The Hall–Kier alpha value is -2.60. The van der Waals surface area contributed by atoms with Crippen LogP contribution in [-0.2, 0) is 17.8 Å². The van der Waals surface area contributed by atoms with Crippen molar-refractivity contribution in [1.82, 2.24) is 4.90 Å². The summed E-state index contributed by atoms with van der Waals surface area (Å²) in [7, 11) is 1.54. The molecular formula is C24H28FNO4. The van der Waals surface area contributed by atoms with Crippen LogP contribution in [0.2, 0.25) is 0 Å². The lowest BCUT2D eigenvalue weighted by molar-refractivity contribution is -0.0847. The van der Waals surface area contributed by atoms with Crippen LogP contribution in [0.1, 0.15) is 43.2 Å². The van der Waals surface area contributed by atoms with E-state index in [1.165, 1.54) is 12.1 Å². The fraction of sp³-hybridized carbons (Fsp3) is 0.458. The number of piperidine rings is 2. The highest BCUT2D eigenvalue weighted by molar-refractivity contribution is 5.69. The Balaban J connectivity index is 1.46. The number of halogens is 1. The zero-order valence-electron chi connectivity index (χ0n) is 17.2. The number of amides is 1. The summed E-state index contributed by atoms with van der Waals surface area (Å²) < 4.78 is 24.7. The molecule has 0 radical (unpaired) electrons. The van der Waals surface area contributed by atoms with Gasteiger partial charge in [-0.2, -0.15) is 0 Å². The van der Waals surface area contributed by atoms with Gasteiger partial charge in [-0.05, 0) is 61.4 Å². The highest BCUT2D eigenvalue weighted by atomic mass is 19.1. The predicted octanol–water partition coefficient (Wildman–Crippen LogP) is 4.46. The number of nitrogens with zero attached hydrogens (tertiary/aromatic N) is 1. The Morgan fingerprint density at radius 2 is 1.87 bits per heavy atom. The monoisotopic (exact) mass is 413 g/mol. The van der Waals surface area contributed by atoms with Crippen LogP contribution in [0.5, 0.6) is 5.75 Å². The predicted molar refractivity (Wildman–Crippen MR) is 111 cm³/mol. The quantitative estimate of drug-likeness (QED) is 0.786. The van der Waals surface area contributed by atoms with Crippen molar-refractivity contribution >= 4 is 6.09 Å². The average molecular weight is 413 g/mol. The van der Waals surface area contributed by atoms with E-state index < -0.39 is 5.60 Å². The third kappa shape index (κ3) is 4.43. The normalized spacial score (nSPS) is 25.6. The lowest BCUT2D eigenvalue weighted by atomic mass is 9.73. The molecule has 2 heterocycles. The number of carbonyl (C=O) groups is 1. The minimum Gasteiger partial charge on any atom is -0.496 e. The van der Waals surface area contributed by atoms with Gasteiger partial charge >= 0.3 is 6.09 Å². The Bertz CT molecular complexity index is 874. The van der Waals surface area contributed by atoms with Crippen molar-refractivity contribution in [1.29, 1.82) is 0 Å². The largest absolute Gasteiger partial charge is 0.496 e. The van der Waals surface area contributed by atoms with Crippen LogP contribution in [-0.4, -0.2) is 40.9 Å². The SMILES string of the molecule is COc1ccc(F)cc1CC1(O)CC2CCCC(C1)N2C(=O)OCc1ccccc1. The number of benzene rings is 2. The molecule has 6 heteroatoms. The van der Waals surface area contributed by atoms with Gasteiger partial charge in [-0.25, -0.2) is 9.18 Å². The molecule has 30 heavy (non-hydrogen) atoms. The zero-order chi connectivity index (χ0) is 21.1. The second kappa shape index (κ2) is 8.64. The maximum absolute atomic E-state index is 13.8. The van der Waals surface area contributed by atoms with E-state index in [1.54, 1.807) is 13.2 Å². The lowest BCUT2D eigenvalue weighted by Crippen LogP contribution is -2.60.